The predicted molar refractivity (Wildman–Crippen MR) is 83.6 cm³/mol. The molecule has 0 bridgehead atoms. The minimum atomic E-state index is -1.01. The third kappa shape index (κ3) is 3.36. The van der Waals surface area contributed by atoms with Gasteiger partial charge in [-0.1, -0.05) is 35.9 Å². The first-order valence-corrected chi connectivity index (χ1v) is 7.25. The highest BCUT2D eigenvalue weighted by Gasteiger charge is 2.42. The second-order valence-electron chi connectivity index (χ2n) is 5.99. The molecule has 0 aromatic heterocycles. The van der Waals surface area contributed by atoms with Crippen LogP contribution in [-0.2, 0) is 9.59 Å². The third-order valence-electron chi connectivity index (χ3n) is 4.22. The summed E-state index contributed by atoms with van der Waals surface area (Å²) in [7, 11) is 0. The summed E-state index contributed by atoms with van der Waals surface area (Å²) in [5, 5.41) is 21.3. The highest BCUT2D eigenvalue weighted by Crippen LogP contribution is 2.36. The van der Waals surface area contributed by atoms with Crippen LogP contribution in [0.15, 0.2) is 24.8 Å². The Kier molecular flexibility index (Phi) is 4.66. The Hall–Kier alpha value is -2.14. The summed E-state index contributed by atoms with van der Waals surface area (Å²) in [5.41, 5.74) is 3.96. The van der Waals surface area contributed by atoms with E-state index in [0.717, 1.165) is 22.3 Å². The van der Waals surface area contributed by atoms with Crippen LogP contribution in [0.1, 0.15) is 23.1 Å². The SMILES string of the molecule is C=C(c1cc(C)cc(C)c1)[C@@H]1CN[C@@H](C(=O)O)[C@@H]1CC(=O)O. The Morgan fingerprint density at radius 3 is 2.32 bits per heavy atom. The first kappa shape index (κ1) is 16.2. The molecule has 1 aliphatic rings. The van der Waals surface area contributed by atoms with Gasteiger partial charge in [-0.2, -0.15) is 0 Å². The number of carbonyl (C=O) groups is 2. The summed E-state index contributed by atoms with van der Waals surface area (Å²) < 4.78 is 0. The van der Waals surface area contributed by atoms with Crippen LogP contribution in [0.25, 0.3) is 5.57 Å². The molecule has 1 saturated heterocycles. The number of rotatable bonds is 5. The van der Waals surface area contributed by atoms with Crippen LogP contribution >= 0.6 is 0 Å². The van der Waals surface area contributed by atoms with Gasteiger partial charge in [0.15, 0.2) is 0 Å². The molecule has 2 rings (SSSR count). The van der Waals surface area contributed by atoms with Gasteiger partial charge in [0.2, 0.25) is 0 Å². The van der Waals surface area contributed by atoms with Crippen LogP contribution in [0.2, 0.25) is 0 Å². The van der Waals surface area contributed by atoms with Crippen molar-refractivity contribution < 1.29 is 19.8 Å². The minimum absolute atomic E-state index is 0.182. The van der Waals surface area contributed by atoms with Gasteiger partial charge in [0.05, 0.1) is 6.42 Å². The van der Waals surface area contributed by atoms with Gasteiger partial charge in [-0.3, -0.25) is 9.59 Å². The third-order valence-corrected chi connectivity index (χ3v) is 4.22. The van der Waals surface area contributed by atoms with E-state index in [1.54, 1.807) is 0 Å². The number of nitrogens with one attached hydrogen (secondary N) is 1. The molecule has 1 heterocycles. The zero-order valence-corrected chi connectivity index (χ0v) is 12.8. The molecule has 3 atom stereocenters. The lowest BCUT2D eigenvalue weighted by Crippen LogP contribution is -2.36. The number of aliphatic carboxylic acids is 2. The summed E-state index contributed by atoms with van der Waals surface area (Å²) in [4.78, 5) is 22.4. The Morgan fingerprint density at radius 2 is 1.82 bits per heavy atom. The normalized spacial score (nSPS) is 24.2. The molecule has 0 saturated carbocycles. The first-order valence-electron chi connectivity index (χ1n) is 7.25. The molecule has 5 heteroatoms. The molecule has 0 spiro atoms. The number of hydrogen-bond acceptors (Lipinski definition) is 3. The predicted octanol–water partition coefficient (Wildman–Crippen LogP) is 2.08. The number of aryl methyl sites for hydroxylation is 2. The maximum absolute atomic E-state index is 11.3. The molecule has 0 amide bonds. The van der Waals surface area contributed by atoms with Gasteiger partial charge in [-0.15, -0.1) is 0 Å². The molecule has 5 nitrogen and oxygen atoms in total. The molecule has 0 unspecified atom stereocenters. The molecule has 1 aromatic carbocycles. The minimum Gasteiger partial charge on any atom is -0.481 e. The maximum Gasteiger partial charge on any atom is 0.321 e. The van der Waals surface area contributed by atoms with Gasteiger partial charge >= 0.3 is 11.9 Å². The second-order valence-corrected chi connectivity index (χ2v) is 5.99. The molecular weight excluding hydrogens is 282 g/mol. The fourth-order valence-electron chi connectivity index (χ4n) is 3.28. The molecule has 1 fully saturated rings. The van der Waals surface area contributed by atoms with Crippen molar-refractivity contribution in [3.8, 4) is 0 Å². The lowest BCUT2D eigenvalue weighted by Gasteiger charge is -2.22. The molecule has 0 aliphatic carbocycles. The van der Waals surface area contributed by atoms with Crippen LogP contribution in [0, 0.1) is 25.7 Å². The Bertz CT molecular complexity index is 603. The molecular formula is C17H21NO4. The standard InChI is InChI=1S/C17H21NO4/c1-9-4-10(2)6-12(5-9)11(3)14-8-18-16(17(21)22)13(14)7-15(19)20/h4-6,13-14,16,18H,3,7-8H2,1-2H3,(H,19,20)(H,21,22)/t13-,14+,16-/m1/s1. The molecule has 0 radical (unpaired) electrons. The summed E-state index contributed by atoms with van der Waals surface area (Å²) in [5.74, 6) is -2.69. The average molecular weight is 303 g/mol. The van der Waals surface area contributed by atoms with Crippen LogP contribution < -0.4 is 5.32 Å². The average Bonchev–Trinajstić information content (AvgIpc) is 2.79. The number of carboxylic acid groups (broad SMARTS) is 2. The molecule has 118 valence electrons. The van der Waals surface area contributed by atoms with Crippen molar-refractivity contribution in [1.29, 1.82) is 0 Å². The Balaban J connectivity index is 2.30. The largest absolute Gasteiger partial charge is 0.481 e. The Morgan fingerprint density at radius 1 is 1.23 bits per heavy atom. The van der Waals surface area contributed by atoms with Crippen molar-refractivity contribution in [3.05, 3.63) is 41.5 Å². The second kappa shape index (κ2) is 6.32. The van der Waals surface area contributed by atoms with Gasteiger partial charge in [0, 0.05) is 18.4 Å². The van der Waals surface area contributed by atoms with Crippen LogP contribution in [0.4, 0.5) is 0 Å². The quantitative estimate of drug-likeness (QED) is 0.775. The van der Waals surface area contributed by atoms with Gasteiger partial charge in [0.1, 0.15) is 6.04 Å². The number of carboxylic acids is 2. The molecule has 22 heavy (non-hydrogen) atoms. The van der Waals surface area contributed by atoms with E-state index in [4.69, 9.17) is 5.11 Å². The van der Waals surface area contributed by atoms with Crippen LogP contribution in [0.5, 0.6) is 0 Å². The molecule has 1 aromatic rings. The highest BCUT2D eigenvalue weighted by atomic mass is 16.4. The monoisotopic (exact) mass is 303 g/mol. The van der Waals surface area contributed by atoms with Gasteiger partial charge in [-0.05, 0) is 25.0 Å². The highest BCUT2D eigenvalue weighted by molar-refractivity contribution is 5.78. The van der Waals surface area contributed by atoms with Crippen molar-refractivity contribution >= 4 is 17.5 Å². The van der Waals surface area contributed by atoms with Crippen molar-refractivity contribution in [2.45, 2.75) is 26.3 Å². The maximum atomic E-state index is 11.3. The molecule has 1 aliphatic heterocycles. The zero-order chi connectivity index (χ0) is 16.4. The van der Waals surface area contributed by atoms with Crippen molar-refractivity contribution in [1.82, 2.24) is 5.32 Å². The van der Waals surface area contributed by atoms with E-state index in [0.29, 0.717) is 6.54 Å². The van der Waals surface area contributed by atoms with Gasteiger partial charge in [0.25, 0.3) is 0 Å². The fraction of sp³-hybridized carbons (Fsp3) is 0.412. The summed E-state index contributed by atoms with van der Waals surface area (Å²) in [6, 6.07) is 5.21. The van der Waals surface area contributed by atoms with Crippen molar-refractivity contribution in [3.63, 3.8) is 0 Å². The smallest absolute Gasteiger partial charge is 0.321 e. The molecule has 3 N–H and O–H groups in total. The van der Waals surface area contributed by atoms with Crippen LogP contribution in [-0.4, -0.2) is 34.7 Å². The van der Waals surface area contributed by atoms with Crippen LogP contribution in [0.3, 0.4) is 0 Å². The summed E-state index contributed by atoms with van der Waals surface area (Å²) in [6.45, 7) is 8.53. The van der Waals surface area contributed by atoms with E-state index < -0.39 is 23.9 Å². The topological polar surface area (TPSA) is 86.6 Å². The van der Waals surface area contributed by atoms with Gasteiger partial charge in [-0.25, -0.2) is 0 Å². The van der Waals surface area contributed by atoms with Crippen molar-refractivity contribution in [2.24, 2.45) is 11.8 Å². The van der Waals surface area contributed by atoms with E-state index in [2.05, 4.69) is 18.0 Å². The number of benzene rings is 1. The van der Waals surface area contributed by atoms with E-state index >= 15 is 0 Å². The van der Waals surface area contributed by atoms with E-state index in [1.165, 1.54) is 0 Å². The van der Waals surface area contributed by atoms with E-state index in [1.807, 2.05) is 26.0 Å². The summed E-state index contributed by atoms with van der Waals surface area (Å²) >= 11 is 0. The first-order chi connectivity index (χ1) is 10.3. The summed E-state index contributed by atoms with van der Waals surface area (Å²) in [6.07, 6.45) is -0.182. The van der Waals surface area contributed by atoms with Gasteiger partial charge < -0.3 is 15.5 Å². The fourth-order valence-corrected chi connectivity index (χ4v) is 3.28. The van der Waals surface area contributed by atoms with E-state index in [9.17, 15) is 14.7 Å². The van der Waals surface area contributed by atoms with E-state index in [-0.39, 0.29) is 12.3 Å². The lowest BCUT2D eigenvalue weighted by molar-refractivity contribution is -0.142. The lowest BCUT2D eigenvalue weighted by atomic mass is 9.80. The number of hydrogen-bond donors (Lipinski definition) is 3. The Labute approximate surface area is 129 Å². The van der Waals surface area contributed by atoms with Crippen molar-refractivity contribution in [2.75, 3.05) is 6.54 Å². The zero-order valence-electron chi connectivity index (χ0n) is 12.8.